The number of hydrogen-bond donors (Lipinski definition) is 4. The summed E-state index contributed by atoms with van der Waals surface area (Å²) in [6.45, 7) is 0. The van der Waals surface area contributed by atoms with Gasteiger partial charge in [0.2, 0.25) is 0 Å². The van der Waals surface area contributed by atoms with Crippen LogP contribution in [0.5, 0.6) is 0 Å². The zero-order valence-corrected chi connectivity index (χ0v) is 7.64. The fourth-order valence-corrected chi connectivity index (χ4v) is 2.09. The predicted octanol–water partition coefficient (Wildman–Crippen LogP) is -0.741. The number of rotatable bonds is 3. The van der Waals surface area contributed by atoms with E-state index in [2.05, 4.69) is 9.99 Å². The van der Waals surface area contributed by atoms with Gasteiger partial charge in [-0.1, -0.05) is 5.16 Å². The SMILES string of the molecule is CON=C(P(=O)(O)O)P(=O)(O)O. The Labute approximate surface area is 67.2 Å². The highest BCUT2D eigenvalue weighted by Crippen LogP contribution is 2.54. The Hall–Kier alpha value is -0.230. The van der Waals surface area contributed by atoms with E-state index in [1.807, 2.05) is 0 Å². The second-order valence-corrected chi connectivity index (χ2v) is 5.04. The lowest BCUT2D eigenvalue weighted by Crippen LogP contribution is -2.01. The zero-order chi connectivity index (χ0) is 9.99. The molecule has 0 rings (SSSR count). The Bertz CT molecular complexity index is 247. The molecule has 0 radical (unpaired) electrons. The molecule has 12 heavy (non-hydrogen) atoms. The maximum absolute atomic E-state index is 10.4. The standard InChI is InChI=1S/C2H7NO7P2/c1-10-3-2(11(4,5)6)12(7,8)9/h1H3,(H2,4,5,6)(H2,7,8,9). The average molecular weight is 219 g/mol. The van der Waals surface area contributed by atoms with E-state index in [1.54, 1.807) is 0 Å². The van der Waals surface area contributed by atoms with Crippen LogP contribution in [0.2, 0.25) is 0 Å². The molecule has 0 aliphatic heterocycles. The first-order valence-electron chi connectivity index (χ1n) is 2.43. The van der Waals surface area contributed by atoms with Crippen LogP contribution in [-0.4, -0.2) is 31.9 Å². The third kappa shape index (κ3) is 3.44. The van der Waals surface area contributed by atoms with E-state index in [4.69, 9.17) is 19.6 Å². The fourth-order valence-electron chi connectivity index (χ4n) is 0.358. The first kappa shape index (κ1) is 11.8. The van der Waals surface area contributed by atoms with Crippen molar-refractivity contribution in [2.75, 3.05) is 7.11 Å². The van der Waals surface area contributed by atoms with E-state index in [1.165, 1.54) is 0 Å². The van der Waals surface area contributed by atoms with Gasteiger partial charge in [-0.05, 0) is 0 Å². The molecule has 0 aromatic rings. The molecule has 0 saturated carbocycles. The van der Waals surface area contributed by atoms with Crippen molar-refractivity contribution in [1.29, 1.82) is 0 Å². The Morgan fingerprint density at radius 3 is 1.58 bits per heavy atom. The molecule has 8 nitrogen and oxygen atoms in total. The third-order valence-electron chi connectivity index (χ3n) is 0.694. The van der Waals surface area contributed by atoms with E-state index < -0.39 is 20.4 Å². The molecule has 0 unspecified atom stereocenters. The van der Waals surface area contributed by atoms with Gasteiger partial charge in [0.1, 0.15) is 7.11 Å². The summed E-state index contributed by atoms with van der Waals surface area (Å²) >= 11 is 0. The Morgan fingerprint density at radius 1 is 1.17 bits per heavy atom. The molecule has 0 heterocycles. The van der Waals surface area contributed by atoms with Crippen molar-refractivity contribution >= 4 is 20.4 Å². The van der Waals surface area contributed by atoms with Gasteiger partial charge in [-0.3, -0.25) is 9.13 Å². The van der Waals surface area contributed by atoms with Crippen LogP contribution in [0.3, 0.4) is 0 Å². The molecule has 0 fully saturated rings. The summed E-state index contributed by atoms with van der Waals surface area (Å²) in [6.07, 6.45) is 0. The van der Waals surface area contributed by atoms with Gasteiger partial charge in [0.15, 0.2) is 0 Å². The normalized spacial score (nSPS) is 12.4. The van der Waals surface area contributed by atoms with Gasteiger partial charge in [-0.25, -0.2) is 0 Å². The van der Waals surface area contributed by atoms with Gasteiger partial charge in [0.05, 0.1) is 0 Å². The minimum Gasteiger partial charge on any atom is -0.398 e. The van der Waals surface area contributed by atoms with Crippen LogP contribution in [0.1, 0.15) is 0 Å². The van der Waals surface area contributed by atoms with E-state index >= 15 is 0 Å². The topological polar surface area (TPSA) is 137 Å². The highest BCUT2D eigenvalue weighted by Gasteiger charge is 2.39. The van der Waals surface area contributed by atoms with Crippen LogP contribution in [0, 0.1) is 0 Å². The third-order valence-corrected chi connectivity index (χ3v) is 3.46. The molecule has 72 valence electrons. The molecule has 0 aliphatic carbocycles. The molecule has 0 bridgehead atoms. The van der Waals surface area contributed by atoms with Crippen molar-refractivity contribution < 1.29 is 33.5 Å². The van der Waals surface area contributed by atoms with Crippen molar-refractivity contribution in [2.45, 2.75) is 0 Å². The Kier molecular flexibility index (Phi) is 3.59. The highest BCUT2D eigenvalue weighted by molar-refractivity contribution is 7.97. The lowest BCUT2D eigenvalue weighted by molar-refractivity contribution is 0.213. The van der Waals surface area contributed by atoms with Gasteiger partial charge in [0.25, 0.3) is 5.19 Å². The summed E-state index contributed by atoms with van der Waals surface area (Å²) in [5.74, 6) is 0. The molecule has 0 amide bonds. The minimum atomic E-state index is -5.05. The summed E-state index contributed by atoms with van der Waals surface area (Å²) in [6, 6.07) is 0. The average Bonchev–Trinajstić information content (AvgIpc) is 1.77. The molecule has 0 aromatic heterocycles. The quantitative estimate of drug-likeness (QED) is 0.278. The van der Waals surface area contributed by atoms with E-state index in [0.29, 0.717) is 0 Å². The summed E-state index contributed by atoms with van der Waals surface area (Å²) in [4.78, 5) is 37.3. The van der Waals surface area contributed by atoms with Crippen molar-refractivity contribution in [1.82, 2.24) is 0 Å². The molecule has 4 N–H and O–H groups in total. The van der Waals surface area contributed by atoms with Crippen LogP contribution in [0.25, 0.3) is 0 Å². The monoisotopic (exact) mass is 219 g/mol. The largest absolute Gasteiger partial charge is 0.398 e. The Balaban J connectivity index is 5.11. The van der Waals surface area contributed by atoms with E-state index in [-0.39, 0.29) is 0 Å². The molecular formula is C2H7NO7P2. The van der Waals surface area contributed by atoms with Crippen LogP contribution < -0.4 is 0 Å². The molecule has 0 atom stereocenters. The van der Waals surface area contributed by atoms with E-state index in [0.717, 1.165) is 7.11 Å². The Morgan fingerprint density at radius 2 is 1.50 bits per heavy atom. The highest BCUT2D eigenvalue weighted by atomic mass is 31.2. The summed E-state index contributed by atoms with van der Waals surface area (Å²) in [7, 11) is -9.20. The van der Waals surface area contributed by atoms with Crippen molar-refractivity contribution in [2.24, 2.45) is 5.16 Å². The van der Waals surface area contributed by atoms with Crippen molar-refractivity contribution in [3.05, 3.63) is 0 Å². The van der Waals surface area contributed by atoms with E-state index in [9.17, 15) is 9.13 Å². The summed E-state index contributed by atoms with van der Waals surface area (Å²) in [5.41, 5.74) is 0. The minimum absolute atomic E-state index is 0.908. The van der Waals surface area contributed by atoms with Gasteiger partial charge >= 0.3 is 15.2 Å². The molecule has 10 heteroatoms. The molecular weight excluding hydrogens is 212 g/mol. The molecule has 0 aliphatic rings. The first-order valence-corrected chi connectivity index (χ1v) is 5.65. The lowest BCUT2D eigenvalue weighted by Gasteiger charge is -2.07. The van der Waals surface area contributed by atoms with Crippen LogP contribution in [-0.2, 0) is 14.0 Å². The first-order chi connectivity index (χ1) is 5.19. The second kappa shape index (κ2) is 3.66. The number of hydrogen-bond acceptors (Lipinski definition) is 4. The van der Waals surface area contributed by atoms with Crippen LogP contribution >= 0.6 is 15.2 Å². The maximum atomic E-state index is 10.4. The molecule has 0 aromatic carbocycles. The molecule has 0 saturated heterocycles. The predicted molar refractivity (Wildman–Crippen MR) is 38.5 cm³/mol. The number of nitrogens with zero attached hydrogens (tertiary/aromatic N) is 1. The maximum Gasteiger partial charge on any atom is 0.386 e. The van der Waals surface area contributed by atoms with Gasteiger partial charge in [0, 0.05) is 0 Å². The summed E-state index contributed by atoms with van der Waals surface area (Å²) in [5, 5.41) is 0.985. The zero-order valence-electron chi connectivity index (χ0n) is 5.86. The van der Waals surface area contributed by atoms with Gasteiger partial charge in [-0.2, -0.15) is 0 Å². The van der Waals surface area contributed by atoms with Crippen molar-refractivity contribution in [3.63, 3.8) is 0 Å². The summed E-state index contributed by atoms with van der Waals surface area (Å²) < 4.78 is 20.7. The number of oxime groups is 1. The second-order valence-electron chi connectivity index (χ2n) is 1.66. The van der Waals surface area contributed by atoms with Crippen LogP contribution in [0.15, 0.2) is 5.16 Å². The molecule has 0 spiro atoms. The van der Waals surface area contributed by atoms with Gasteiger partial charge in [-0.15, -0.1) is 0 Å². The van der Waals surface area contributed by atoms with Gasteiger partial charge < -0.3 is 24.4 Å². The lowest BCUT2D eigenvalue weighted by atomic mass is 11.6. The fraction of sp³-hybridized carbons (Fsp3) is 0.500. The van der Waals surface area contributed by atoms with Crippen LogP contribution in [0.4, 0.5) is 0 Å². The van der Waals surface area contributed by atoms with Crippen molar-refractivity contribution in [3.8, 4) is 0 Å². The smallest absolute Gasteiger partial charge is 0.386 e.